The lowest BCUT2D eigenvalue weighted by Crippen LogP contribution is -2.31. The van der Waals surface area contributed by atoms with Crippen molar-refractivity contribution < 1.29 is 9.13 Å². The predicted octanol–water partition coefficient (Wildman–Crippen LogP) is 8.69. The molecular formula is C29H43FO. The molecule has 4 rings (SSSR count). The maximum atomic E-state index is 14.8. The van der Waals surface area contributed by atoms with E-state index < -0.39 is 0 Å². The van der Waals surface area contributed by atoms with Crippen LogP contribution >= 0.6 is 0 Å². The molecule has 0 amide bonds. The monoisotopic (exact) mass is 426 g/mol. The standard InChI is InChI=1S/C29H43FO/c1-3-17-31-27-15-16-28(29(30)20-27)26-14-13-24-18-23(11-12-25(24)19-26)10-9-22-7-5-21(4-2)6-8-22/h3,15-16,20-26H,1,4-14,17-19H2,2H3. The summed E-state index contributed by atoms with van der Waals surface area (Å²) in [6, 6.07) is 5.46. The predicted molar refractivity (Wildman–Crippen MR) is 128 cm³/mol. The fraction of sp³-hybridized carbons (Fsp3) is 0.724. The molecule has 0 N–H and O–H groups in total. The highest BCUT2D eigenvalue weighted by Gasteiger charge is 2.36. The maximum Gasteiger partial charge on any atom is 0.130 e. The van der Waals surface area contributed by atoms with Crippen LogP contribution in [0.2, 0.25) is 0 Å². The Morgan fingerprint density at radius 2 is 1.58 bits per heavy atom. The Kier molecular flexibility index (Phi) is 8.13. The largest absolute Gasteiger partial charge is 0.489 e. The SMILES string of the molecule is C=CCOc1ccc(C2CCC3CC(CCC4CCC(CC)CC4)CCC3C2)c(F)c1. The molecule has 0 aliphatic heterocycles. The summed E-state index contributed by atoms with van der Waals surface area (Å²) in [5, 5.41) is 0. The van der Waals surface area contributed by atoms with Gasteiger partial charge >= 0.3 is 0 Å². The first-order chi connectivity index (χ1) is 15.2. The van der Waals surface area contributed by atoms with Crippen LogP contribution in [0.4, 0.5) is 4.39 Å². The van der Waals surface area contributed by atoms with Crippen molar-refractivity contribution in [2.24, 2.45) is 29.6 Å². The van der Waals surface area contributed by atoms with Gasteiger partial charge in [0.15, 0.2) is 0 Å². The Balaban J connectivity index is 1.24. The number of fused-ring (bicyclic) bond motifs is 1. The highest BCUT2D eigenvalue weighted by molar-refractivity contribution is 5.31. The lowest BCUT2D eigenvalue weighted by molar-refractivity contribution is 0.108. The van der Waals surface area contributed by atoms with Crippen LogP contribution in [-0.4, -0.2) is 6.61 Å². The first kappa shape index (κ1) is 22.9. The van der Waals surface area contributed by atoms with Gasteiger partial charge in [0.25, 0.3) is 0 Å². The van der Waals surface area contributed by atoms with Crippen molar-refractivity contribution in [1.82, 2.24) is 0 Å². The molecule has 172 valence electrons. The first-order valence-corrected chi connectivity index (χ1v) is 13.2. The molecule has 0 spiro atoms. The van der Waals surface area contributed by atoms with Crippen molar-refractivity contribution >= 4 is 0 Å². The van der Waals surface area contributed by atoms with E-state index in [0.29, 0.717) is 18.3 Å². The summed E-state index contributed by atoms with van der Waals surface area (Å²) >= 11 is 0. The maximum absolute atomic E-state index is 14.8. The summed E-state index contributed by atoms with van der Waals surface area (Å²) in [5.41, 5.74) is 0.911. The Hall–Kier alpha value is -1.31. The fourth-order valence-electron chi connectivity index (χ4n) is 7.01. The molecule has 4 atom stereocenters. The van der Waals surface area contributed by atoms with Gasteiger partial charge in [0.05, 0.1) is 0 Å². The van der Waals surface area contributed by atoms with Crippen LogP contribution in [0.3, 0.4) is 0 Å². The topological polar surface area (TPSA) is 9.23 Å². The van der Waals surface area contributed by atoms with Crippen LogP contribution < -0.4 is 4.74 Å². The third-order valence-electron chi connectivity index (χ3n) is 9.03. The molecule has 3 aliphatic rings. The van der Waals surface area contributed by atoms with Gasteiger partial charge in [0.2, 0.25) is 0 Å². The summed E-state index contributed by atoms with van der Waals surface area (Å²) in [4.78, 5) is 0. The smallest absolute Gasteiger partial charge is 0.130 e. The van der Waals surface area contributed by atoms with Crippen LogP contribution in [0, 0.1) is 35.4 Å². The number of ether oxygens (including phenoxy) is 1. The molecule has 0 aromatic heterocycles. The molecule has 2 heteroatoms. The van der Waals surface area contributed by atoms with Gasteiger partial charge in [0, 0.05) is 6.07 Å². The van der Waals surface area contributed by atoms with Crippen molar-refractivity contribution in [2.45, 2.75) is 96.3 Å². The molecule has 1 aromatic rings. The van der Waals surface area contributed by atoms with Gasteiger partial charge in [-0.3, -0.25) is 0 Å². The normalized spacial score (nSPS) is 33.5. The Labute approximate surface area is 189 Å². The van der Waals surface area contributed by atoms with Gasteiger partial charge in [-0.05, 0) is 79.2 Å². The molecule has 4 unspecified atom stereocenters. The molecule has 0 bridgehead atoms. The second-order valence-electron chi connectivity index (χ2n) is 10.9. The van der Waals surface area contributed by atoms with Gasteiger partial charge in [-0.1, -0.05) is 77.0 Å². The molecular weight excluding hydrogens is 383 g/mol. The summed E-state index contributed by atoms with van der Waals surface area (Å²) < 4.78 is 20.3. The highest BCUT2D eigenvalue weighted by atomic mass is 19.1. The van der Waals surface area contributed by atoms with Crippen molar-refractivity contribution in [3.8, 4) is 5.75 Å². The molecule has 3 fully saturated rings. The minimum Gasteiger partial charge on any atom is -0.489 e. The summed E-state index contributed by atoms with van der Waals surface area (Å²) in [6.07, 6.45) is 19.8. The zero-order chi connectivity index (χ0) is 21.6. The molecule has 31 heavy (non-hydrogen) atoms. The minimum atomic E-state index is -0.0866. The molecule has 3 aliphatic carbocycles. The van der Waals surface area contributed by atoms with Crippen molar-refractivity contribution in [2.75, 3.05) is 6.61 Å². The van der Waals surface area contributed by atoms with Gasteiger partial charge in [-0.15, -0.1) is 0 Å². The van der Waals surface area contributed by atoms with Crippen LogP contribution in [0.5, 0.6) is 5.75 Å². The zero-order valence-corrected chi connectivity index (χ0v) is 19.7. The Morgan fingerprint density at radius 3 is 2.32 bits per heavy atom. The minimum absolute atomic E-state index is 0.0866. The first-order valence-electron chi connectivity index (χ1n) is 13.2. The Morgan fingerprint density at radius 1 is 0.903 bits per heavy atom. The second kappa shape index (κ2) is 11.0. The number of hydrogen-bond donors (Lipinski definition) is 0. The number of rotatable bonds is 8. The van der Waals surface area contributed by atoms with E-state index in [1.807, 2.05) is 12.1 Å². The zero-order valence-electron chi connectivity index (χ0n) is 19.7. The fourth-order valence-corrected chi connectivity index (χ4v) is 7.01. The van der Waals surface area contributed by atoms with E-state index in [9.17, 15) is 4.39 Å². The highest BCUT2D eigenvalue weighted by Crippen LogP contribution is 2.49. The summed E-state index contributed by atoms with van der Waals surface area (Å²) in [7, 11) is 0. The molecule has 1 nitrogen and oxygen atoms in total. The van der Waals surface area contributed by atoms with Crippen LogP contribution in [-0.2, 0) is 0 Å². The van der Waals surface area contributed by atoms with E-state index in [0.717, 1.165) is 41.6 Å². The van der Waals surface area contributed by atoms with E-state index in [-0.39, 0.29) is 5.82 Å². The van der Waals surface area contributed by atoms with Gasteiger partial charge in [-0.25, -0.2) is 4.39 Å². The molecule has 3 saturated carbocycles. The van der Waals surface area contributed by atoms with Gasteiger partial charge < -0.3 is 4.74 Å². The van der Waals surface area contributed by atoms with E-state index >= 15 is 0 Å². The molecule has 0 saturated heterocycles. The van der Waals surface area contributed by atoms with Crippen molar-refractivity contribution in [1.29, 1.82) is 0 Å². The second-order valence-corrected chi connectivity index (χ2v) is 10.9. The van der Waals surface area contributed by atoms with E-state index in [1.54, 1.807) is 12.1 Å². The number of hydrogen-bond acceptors (Lipinski definition) is 1. The van der Waals surface area contributed by atoms with E-state index in [2.05, 4.69) is 13.5 Å². The van der Waals surface area contributed by atoms with Crippen LogP contribution in [0.25, 0.3) is 0 Å². The summed E-state index contributed by atoms with van der Waals surface area (Å²) in [5.74, 6) is 5.60. The average molecular weight is 427 g/mol. The Bertz CT molecular complexity index is 705. The quantitative estimate of drug-likeness (QED) is 0.378. The number of halogens is 1. The van der Waals surface area contributed by atoms with Crippen LogP contribution in [0.1, 0.15) is 102 Å². The third-order valence-corrected chi connectivity index (χ3v) is 9.03. The van der Waals surface area contributed by atoms with E-state index in [1.165, 1.54) is 77.0 Å². The van der Waals surface area contributed by atoms with Gasteiger partial charge in [0.1, 0.15) is 18.2 Å². The van der Waals surface area contributed by atoms with Crippen molar-refractivity contribution in [3.05, 3.63) is 42.2 Å². The third kappa shape index (κ3) is 5.93. The number of benzene rings is 1. The average Bonchev–Trinajstić information content (AvgIpc) is 2.81. The molecule has 1 aromatic carbocycles. The van der Waals surface area contributed by atoms with Crippen LogP contribution in [0.15, 0.2) is 30.9 Å². The lowest BCUT2D eigenvalue weighted by Gasteiger charge is -2.43. The lowest BCUT2D eigenvalue weighted by atomic mass is 9.63. The molecule has 0 radical (unpaired) electrons. The molecule has 0 heterocycles. The van der Waals surface area contributed by atoms with Gasteiger partial charge in [-0.2, -0.15) is 0 Å². The van der Waals surface area contributed by atoms with E-state index in [4.69, 9.17) is 4.74 Å². The summed E-state index contributed by atoms with van der Waals surface area (Å²) in [6.45, 7) is 6.44. The van der Waals surface area contributed by atoms with Crippen molar-refractivity contribution in [3.63, 3.8) is 0 Å².